The molecule has 0 aromatic carbocycles. The third kappa shape index (κ3) is 3.45. The second kappa shape index (κ2) is 6.44. The van der Waals surface area contributed by atoms with Crippen molar-refractivity contribution < 1.29 is 52.6 Å². The first kappa shape index (κ1) is 18.1. The zero-order valence-corrected chi connectivity index (χ0v) is 15.4. The molecule has 0 fully saturated rings. The van der Waals surface area contributed by atoms with Gasteiger partial charge >= 0.3 is 29.6 Å². The SMILES string of the molecule is COCCN1C=Cc2cc(S(N)(=O)=O)sc2S1(=O)=O.[H-].[Na+]. The van der Waals surface area contributed by atoms with Gasteiger partial charge in [-0.25, -0.2) is 22.0 Å². The number of fused-ring (bicyclic) bond motifs is 1. The van der Waals surface area contributed by atoms with Gasteiger partial charge in [0.1, 0.15) is 8.42 Å². The Hall–Kier alpha value is 0.0600. The number of primary sulfonamides is 1. The summed E-state index contributed by atoms with van der Waals surface area (Å²) in [6.45, 7) is 0.406. The molecule has 0 amide bonds. The van der Waals surface area contributed by atoms with E-state index in [1.54, 1.807) is 0 Å². The summed E-state index contributed by atoms with van der Waals surface area (Å²) in [4.78, 5) is 0. The monoisotopic (exact) mass is 348 g/mol. The first-order chi connectivity index (χ1) is 8.76. The van der Waals surface area contributed by atoms with Crippen molar-refractivity contribution >= 4 is 37.5 Å². The predicted octanol–water partition coefficient (Wildman–Crippen LogP) is -2.87. The van der Waals surface area contributed by atoms with Crippen LogP contribution in [0.4, 0.5) is 0 Å². The zero-order chi connectivity index (χ0) is 14.3. The van der Waals surface area contributed by atoms with Gasteiger partial charge in [0.25, 0.3) is 10.0 Å². The summed E-state index contributed by atoms with van der Waals surface area (Å²) in [5.41, 5.74) is 0.336. The molecule has 0 aliphatic carbocycles. The standard InChI is InChI=1S/C9H12N2O5S3.Na.H/c1-16-5-4-11-3-2-7-6-8(18(10,12)13)17-9(7)19(11,14)15;;/h2-3,6H,4-5H2,1H3,(H2,10,12,13);;/q;+1;-1. The topological polar surface area (TPSA) is 107 Å². The Labute approximate surface area is 145 Å². The van der Waals surface area contributed by atoms with Crippen LogP contribution < -0.4 is 34.7 Å². The van der Waals surface area contributed by atoms with E-state index in [0.717, 1.165) is 4.31 Å². The van der Waals surface area contributed by atoms with Crippen molar-refractivity contribution in [3.8, 4) is 0 Å². The molecule has 11 heteroatoms. The fourth-order valence-corrected chi connectivity index (χ4v) is 5.48. The van der Waals surface area contributed by atoms with E-state index in [4.69, 9.17) is 9.88 Å². The van der Waals surface area contributed by atoms with E-state index in [0.29, 0.717) is 16.9 Å². The molecule has 20 heavy (non-hydrogen) atoms. The summed E-state index contributed by atoms with van der Waals surface area (Å²) in [7, 11) is -6.17. The number of ether oxygens (including phenoxy) is 1. The van der Waals surface area contributed by atoms with Crippen LogP contribution in [-0.2, 0) is 24.8 Å². The first-order valence-electron chi connectivity index (χ1n) is 5.12. The molecule has 2 N–H and O–H groups in total. The maximum atomic E-state index is 12.2. The maximum Gasteiger partial charge on any atom is 1.00 e. The minimum Gasteiger partial charge on any atom is -1.00 e. The minimum absolute atomic E-state index is 0. The third-order valence-electron chi connectivity index (χ3n) is 2.46. The molecular formula is C9H13N2NaO5S3. The van der Waals surface area contributed by atoms with E-state index < -0.39 is 20.0 Å². The van der Waals surface area contributed by atoms with E-state index in [9.17, 15) is 16.8 Å². The number of nitrogens with two attached hydrogens (primary N) is 1. The Morgan fingerprint density at radius 2 is 2.15 bits per heavy atom. The third-order valence-corrected chi connectivity index (χ3v) is 7.34. The van der Waals surface area contributed by atoms with E-state index in [1.807, 2.05) is 0 Å². The van der Waals surface area contributed by atoms with Crippen molar-refractivity contribution in [3.05, 3.63) is 17.8 Å². The normalized spacial score (nSPS) is 16.6. The second-order valence-corrected chi connectivity index (χ2v) is 8.70. The molecule has 7 nitrogen and oxygen atoms in total. The molecule has 1 aliphatic rings. The molecule has 0 unspecified atom stereocenters. The smallest absolute Gasteiger partial charge is 1.00 e. The van der Waals surface area contributed by atoms with Crippen molar-refractivity contribution in [1.82, 2.24) is 4.31 Å². The predicted molar refractivity (Wildman–Crippen MR) is 71.6 cm³/mol. The molecule has 0 saturated heterocycles. The van der Waals surface area contributed by atoms with Gasteiger partial charge in [0.2, 0.25) is 10.0 Å². The Morgan fingerprint density at radius 1 is 1.50 bits per heavy atom. The molecule has 0 radical (unpaired) electrons. The van der Waals surface area contributed by atoms with Crippen molar-refractivity contribution in [2.75, 3.05) is 20.3 Å². The maximum absolute atomic E-state index is 12.2. The molecule has 0 spiro atoms. The fourth-order valence-electron chi connectivity index (χ4n) is 1.55. The van der Waals surface area contributed by atoms with Gasteiger partial charge in [-0.15, -0.1) is 11.3 Å². The quantitative estimate of drug-likeness (QED) is 0.589. The number of methoxy groups -OCH3 is 1. The van der Waals surface area contributed by atoms with Gasteiger partial charge in [-0.1, -0.05) is 0 Å². The summed E-state index contributed by atoms with van der Waals surface area (Å²) < 4.78 is 52.8. The van der Waals surface area contributed by atoms with Crippen LogP contribution in [0.5, 0.6) is 0 Å². The molecule has 108 valence electrons. The van der Waals surface area contributed by atoms with Crippen molar-refractivity contribution in [2.45, 2.75) is 8.42 Å². The second-order valence-electron chi connectivity index (χ2n) is 3.78. The van der Waals surface area contributed by atoms with Gasteiger partial charge in [0.05, 0.1) is 13.2 Å². The average Bonchev–Trinajstić information content (AvgIpc) is 2.73. The van der Waals surface area contributed by atoms with Gasteiger partial charge in [0.15, 0.2) is 0 Å². The number of thiophene rings is 1. The van der Waals surface area contributed by atoms with E-state index in [2.05, 4.69) is 0 Å². The number of hydrogen-bond donors (Lipinski definition) is 1. The number of hydrogen-bond acceptors (Lipinski definition) is 6. The molecule has 1 aromatic rings. The van der Waals surface area contributed by atoms with Crippen LogP contribution in [-0.4, -0.2) is 41.4 Å². The Balaban J connectivity index is 0.00000200. The zero-order valence-electron chi connectivity index (χ0n) is 11.9. The van der Waals surface area contributed by atoms with Crippen LogP contribution in [0, 0.1) is 0 Å². The van der Waals surface area contributed by atoms with E-state index >= 15 is 0 Å². The molecular weight excluding hydrogens is 335 g/mol. The van der Waals surface area contributed by atoms with Crippen molar-refractivity contribution in [1.29, 1.82) is 0 Å². The summed E-state index contributed by atoms with van der Waals surface area (Å²) in [6, 6.07) is 1.26. The van der Waals surface area contributed by atoms with Crippen LogP contribution in [0.1, 0.15) is 6.99 Å². The molecule has 1 aliphatic heterocycles. The molecule has 1 aromatic heterocycles. The fraction of sp³-hybridized carbons (Fsp3) is 0.333. The number of rotatable bonds is 4. The first-order valence-corrected chi connectivity index (χ1v) is 8.93. The molecule has 0 saturated carbocycles. The summed E-state index contributed by atoms with van der Waals surface area (Å²) in [6.07, 6.45) is 2.92. The van der Waals surface area contributed by atoms with Crippen LogP contribution in [0.25, 0.3) is 6.08 Å². The van der Waals surface area contributed by atoms with Gasteiger partial charge in [-0.05, 0) is 12.1 Å². The Kier molecular flexibility index (Phi) is 5.83. The average molecular weight is 348 g/mol. The molecule has 0 atom stereocenters. The minimum atomic E-state index is -3.90. The summed E-state index contributed by atoms with van der Waals surface area (Å²) in [5.74, 6) is 0. The Bertz CT molecular complexity index is 729. The van der Waals surface area contributed by atoms with Crippen LogP contribution in [0.15, 0.2) is 20.7 Å². The van der Waals surface area contributed by atoms with Crippen LogP contribution in [0.2, 0.25) is 0 Å². The van der Waals surface area contributed by atoms with Crippen molar-refractivity contribution in [3.63, 3.8) is 0 Å². The molecule has 2 rings (SSSR count). The van der Waals surface area contributed by atoms with Crippen LogP contribution >= 0.6 is 11.3 Å². The number of sulfonamides is 2. The largest absolute Gasteiger partial charge is 1.00 e. The van der Waals surface area contributed by atoms with E-state index in [-0.39, 0.29) is 52.6 Å². The molecule has 0 bridgehead atoms. The Morgan fingerprint density at radius 3 is 2.70 bits per heavy atom. The summed E-state index contributed by atoms with van der Waals surface area (Å²) >= 11 is 0.652. The van der Waals surface area contributed by atoms with E-state index in [1.165, 1.54) is 25.5 Å². The van der Waals surface area contributed by atoms with Crippen molar-refractivity contribution in [2.24, 2.45) is 5.14 Å². The number of nitrogens with zero attached hydrogens (tertiary/aromatic N) is 1. The van der Waals surface area contributed by atoms with Gasteiger partial charge in [0, 0.05) is 18.9 Å². The summed E-state index contributed by atoms with van der Waals surface area (Å²) in [5, 5.41) is 5.00. The van der Waals surface area contributed by atoms with Gasteiger partial charge in [-0.3, -0.25) is 4.31 Å². The van der Waals surface area contributed by atoms with Crippen LogP contribution in [0.3, 0.4) is 0 Å². The van der Waals surface area contributed by atoms with Gasteiger partial charge in [-0.2, -0.15) is 0 Å². The molecule has 2 heterocycles. The van der Waals surface area contributed by atoms with Gasteiger partial charge < -0.3 is 6.16 Å².